The molecule has 0 spiro atoms. The Morgan fingerprint density at radius 2 is 1.95 bits per heavy atom. The van der Waals surface area contributed by atoms with Crippen molar-refractivity contribution < 1.29 is 13.9 Å². The highest BCUT2D eigenvalue weighted by molar-refractivity contribution is 5.77. The highest BCUT2D eigenvalue weighted by atomic mass is 19.1. The second-order valence-electron chi connectivity index (χ2n) is 3.85. The van der Waals surface area contributed by atoms with Crippen LogP contribution in [0.2, 0.25) is 0 Å². The van der Waals surface area contributed by atoms with Crippen molar-refractivity contribution in [2.45, 2.75) is 6.61 Å². The molecule has 0 saturated heterocycles. The van der Waals surface area contributed by atoms with Gasteiger partial charge in [-0.3, -0.25) is 4.79 Å². The summed E-state index contributed by atoms with van der Waals surface area (Å²) in [6.07, 6.45) is 0.372. The van der Waals surface area contributed by atoms with E-state index >= 15 is 0 Å². The third-order valence-electron chi connectivity index (χ3n) is 2.61. The van der Waals surface area contributed by atoms with Gasteiger partial charge in [-0.15, -0.1) is 0 Å². The first-order chi connectivity index (χ1) is 9.26. The zero-order valence-electron chi connectivity index (χ0n) is 9.97. The van der Waals surface area contributed by atoms with Crippen molar-refractivity contribution in [3.05, 3.63) is 65.0 Å². The van der Waals surface area contributed by atoms with Crippen molar-refractivity contribution in [1.29, 1.82) is 5.26 Å². The number of benzene rings is 2. The standard InChI is InChI=1S/C15H10FNO2/c16-15-12(9-18)6-7-14(13(15)8-17)19-10-11-4-2-1-3-5-11/h1-7,9H,10H2. The number of hydrogen-bond acceptors (Lipinski definition) is 3. The maximum Gasteiger partial charge on any atom is 0.155 e. The minimum Gasteiger partial charge on any atom is -0.487 e. The fraction of sp³-hybridized carbons (Fsp3) is 0.0667. The third kappa shape index (κ3) is 2.78. The summed E-state index contributed by atoms with van der Waals surface area (Å²) in [6.45, 7) is 0.232. The molecule has 0 aliphatic carbocycles. The van der Waals surface area contributed by atoms with Gasteiger partial charge in [-0.1, -0.05) is 30.3 Å². The summed E-state index contributed by atoms with van der Waals surface area (Å²) < 4.78 is 19.1. The minimum atomic E-state index is -0.844. The van der Waals surface area contributed by atoms with Gasteiger partial charge in [0.05, 0.1) is 5.56 Å². The van der Waals surface area contributed by atoms with Gasteiger partial charge < -0.3 is 4.74 Å². The van der Waals surface area contributed by atoms with Crippen LogP contribution in [-0.2, 0) is 6.61 Å². The summed E-state index contributed by atoms with van der Waals surface area (Å²) in [6, 6.07) is 13.8. The molecule has 0 atom stereocenters. The van der Waals surface area contributed by atoms with Crippen LogP contribution < -0.4 is 4.74 Å². The molecule has 0 unspecified atom stereocenters. The van der Waals surface area contributed by atoms with Gasteiger partial charge in [-0.25, -0.2) is 4.39 Å². The largest absolute Gasteiger partial charge is 0.487 e. The molecule has 0 aromatic heterocycles. The number of carbonyl (C=O) groups is 1. The van der Waals surface area contributed by atoms with Crippen molar-refractivity contribution in [1.82, 2.24) is 0 Å². The van der Waals surface area contributed by atoms with E-state index in [1.165, 1.54) is 12.1 Å². The molecule has 3 nitrogen and oxygen atoms in total. The second-order valence-corrected chi connectivity index (χ2v) is 3.85. The maximum atomic E-state index is 13.7. The molecule has 0 N–H and O–H groups in total. The van der Waals surface area contributed by atoms with Crippen molar-refractivity contribution in [3.63, 3.8) is 0 Å². The molecule has 0 saturated carbocycles. The summed E-state index contributed by atoms with van der Waals surface area (Å²) in [5, 5.41) is 8.93. The zero-order chi connectivity index (χ0) is 13.7. The Morgan fingerprint density at radius 1 is 1.21 bits per heavy atom. The molecule has 0 amide bonds. The Hall–Kier alpha value is -2.67. The predicted octanol–water partition coefficient (Wildman–Crippen LogP) is 3.09. The lowest BCUT2D eigenvalue weighted by molar-refractivity contribution is 0.111. The molecule has 0 bridgehead atoms. The number of aldehydes is 1. The maximum absolute atomic E-state index is 13.7. The van der Waals surface area contributed by atoms with Gasteiger partial charge in [0.2, 0.25) is 0 Å². The average Bonchev–Trinajstić information content (AvgIpc) is 2.46. The van der Waals surface area contributed by atoms with E-state index in [0.29, 0.717) is 6.29 Å². The molecule has 19 heavy (non-hydrogen) atoms. The van der Waals surface area contributed by atoms with Gasteiger partial charge >= 0.3 is 0 Å². The summed E-state index contributed by atoms with van der Waals surface area (Å²) in [4.78, 5) is 10.6. The van der Waals surface area contributed by atoms with E-state index in [4.69, 9.17) is 10.00 Å². The highest BCUT2D eigenvalue weighted by Gasteiger charge is 2.13. The Kier molecular flexibility index (Phi) is 3.89. The van der Waals surface area contributed by atoms with Crippen molar-refractivity contribution >= 4 is 6.29 Å². The monoisotopic (exact) mass is 255 g/mol. The Morgan fingerprint density at radius 3 is 2.58 bits per heavy atom. The zero-order valence-corrected chi connectivity index (χ0v) is 9.97. The molecule has 0 aliphatic heterocycles. The first-order valence-corrected chi connectivity index (χ1v) is 5.60. The van der Waals surface area contributed by atoms with Crippen LogP contribution in [0.5, 0.6) is 5.75 Å². The second kappa shape index (κ2) is 5.78. The molecular weight excluding hydrogens is 245 g/mol. The predicted molar refractivity (Wildman–Crippen MR) is 67.3 cm³/mol. The highest BCUT2D eigenvalue weighted by Crippen LogP contribution is 2.23. The quantitative estimate of drug-likeness (QED) is 0.789. The van der Waals surface area contributed by atoms with Crippen LogP contribution in [0.1, 0.15) is 21.5 Å². The SMILES string of the molecule is N#Cc1c(OCc2ccccc2)ccc(C=O)c1F. The van der Waals surface area contributed by atoms with Crippen LogP contribution in [0.25, 0.3) is 0 Å². The van der Waals surface area contributed by atoms with Gasteiger partial charge in [0.25, 0.3) is 0 Å². The van der Waals surface area contributed by atoms with Gasteiger partial charge in [-0.05, 0) is 17.7 Å². The van der Waals surface area contributed by atoms with Crippen LogP contribution in [0.4, 0.5) is 4.39 Å². The van der Waals surface area contributed by atoms with Gasteiger partial charge in [0.15, 0.2) is 12.1 Å². The third-order valence-corrected chi connectivity index (χ3v) is 2.61. The number of hydrogen-bond donors (Lipinski definition) is 0. The average molecular weight is 255 g/mol. The van der Waals surface area contributed by atoms with E-state index in [1.807, 2.05) is 30.3 Å². The van der Waals surface area contributed by atoms with Crippen LogP contribution in [0.3, 0.4) is 0 Å². The fourth-order valence-corrected chi connectivity index (χ4v) is 1.63. The Labute approximate surface area is 109 Å². The lowest BCUT2D eigenvalue weighted by Gasteiger charge is -2.09. The topological polar surface area (TPSA) is 50.1 Å². The van der Waals surface area contributed by atoms with Crippen molar-refractivity contribution in [3.8, 4) is 11.8 Å². The van der Waals surface area contributed by atoms with E-state index in [9.17, 15) is 9.18 Å². The molecule has 2 aromatic rings. The van der Waals surface area contributed by atoms with Crippen molar-refractivity contribution in [2.75, 3.05) is 0 Å². The van der Waals surface area contributed by atoms with Crippen LogP contribution in [0, 0.1) is 17.1 Å². The molecule has 0 fully saturated rings. The van der Waals surface area contributed by atoms with E-state index < -0.39 is 5.82 Å². The van der Waals surface area contributed by atoms with Crippen LogP contribution in [0.15, 0.2) is 42.5 Å². The number of carbonyl (C=O) groups excluding carboxylic acids is 1. The molecule has 0 heterocycles. The smallest absolute Gasteiger partial charge is 0.155 e. The fourth-order valence-electron chi connectivity index (χ4n) is 1.63. The Bertz CT molecular complexity index is 633. The van der Waals surface area contributed by atoms with Crippen LogP contribution in [-0.4, -0.2) is 6.29 Å². The normalized spacial score (nSPS) is 9.68. The summed E-state index contributed by atoms with van der Waals surface area (Å²) in [5.41, 5.74) is 0.510. The molecule has 2 aromatic carbocycles. The molecule has 0 aliphatic rings. The number of rotatable bonds is 4. The molecule has 94 valence electrons. The molecule has 0 radical (unpaired) electrons. The lowest BCUT2D eigenvalue weighted by atomic mass is 10.1. The lowest BCUT2D eigenvalue weighted by Crippen LogP contribution is -2.00. The van der Waals surface area contributed by atoms with Crippen molar-refractivity contribution in [2.24, 2.45) is 0 Å². The minimum absolute atomic E-state index is 0.134. The van der Waals surface area contributed by atoms with E-state index in [0.717, 1.165) is 5.56 Å². The number of halogens is 1. The van der Waals surface area contributed by atoms with E-state index in [2.05, 4.69) is 0 Å². The van der Waals surface area contributed by atoms with E-state index in [-0.39, 0.29) is 23.5 Å². The van der Waals surface area contributed by atoms with E-state index in [1.54, 1.807) is 6.07 Å². The summed E-state index contributed by atoms with van der Waals surface area (Å²) in [7, 11) is 0. The number of nitriles is 1. The molecule has 2 rings (SSSR count). The summed E-state index contributed by atoms with van der Waals surface area (Å²) in [5.74, 6) is -0.711. The molecule has 4 heteroatoms. The first-order valence-electron chi connectivity index (χ1n) is 5.60. The summed E-state index contributed by atoms with van der Waals surface area (Å²) >= 11 is 0. The van der Waals surface area contributed by atoms with Gasteiger partial charge in [0.1, 0.15) is 24.0 Å². The number of nitrogens with zero attached hydrogens (tertiary/aromatic N) is 1. The first kappa shape index (κ1) is 12.8. The Balaban J connectivity index is 2.24. The molecular formula is C15H10FNO2. The van der Waals surface area contributed by atoms with Gasteiger partial charge in [0, 0.05) is 0 Å². The van der Waals surface area contributed by atoms with Gasteiger partial charge in [-0.2, -0.15) is 5.26 Å². The van der Waals surface area contributed by atoms with Crippen LogP contribution >= 0.6 is 0 Å². The number of ether oxygens (including phenoxy) is 1.